The van der Waals surface area contributed by atoms with Crippen molar-refractivity contribution in [1.29, 1.82) is 0 Å². The van der Waals surface area contributed by atoms with Crippen LogP contribution in [-0.4, -0.2) is 37.6 Å². The van der Waals surface area contributed by atoms with Gasteiger partial charge in [-0.3, -0.25) is 4.79 Å². The third-order valence-corrected chi connectivity index (χ3v) is 4.22. The Balaban J connectivity index is 1.82. The summed E-state index contributed by atoms with van der Waals surface area (Å²) in [5.74, 6) is 1.80. The summed E-state index contributed by atoms with van der Waals surface area (Å²) in [6, 6.07) is 8.10. The Morgan fingerprint density at radius 2 is 2.20 bits per heavy atom. The van der Waals surface area contributed by atoms with Crippen LogP contribution in [0, 0.1) is 5.92 Å². The standard InChI is InChI=1S/C16H22N2O2/c1-20-15-5-3-2-4-13(15)14-11-17-8-9-18(14)16(19)10-12-6-7-12/h2-5,12,14,17H,6-11H2,1H3. The number of rotatable bonds is 4. The minimum atomic E-state index is 0.0890. The minimum absolute atomic E-state index is 0.0890. The molecule has 2 aliphatic rings. The summed E-state index contributed by atoms with van der Waals surface area (Å²) in [6.45, 7) is 2.47. The van der Waals surface area contributed by atoms with E-state index in [0.717, 1.165) is 30.9 Å². The Morgan fingerprint density at radius 1 is 1.40 bits per heavy atom. The van der Waals surface area contributed by atoms with Gasteiger partial charge in [-0.05, 0) is 24.8 Å². The summed E-state index contributed by atoms with van der Waals surface area (Å²) in [5, 5.41) is 3.39. The molecule has 1 atom stereocenters. The molecular formula is C16H22N2O2. The molecule has 0 radical (unpaired) electrons. The maximum absolute atomic E-state index is 12.5. The summed E-state index contributed by atoms with van der Waals surface area (Å²) < 4.78 is 5.45. The lowest BCUT2D eigenvalue weighted by molar-refractivity contribution is -0.135. The maximum atomic E-state index is 12.5. The molecule has 2 fully saturated rings. The molecule has 1 N–H and O–H groups in total. The van der Waals surface area contributed by atoms with Crippen molar-refractivity contribution in [3.63, 3.8) is 0 Å². The zero-order chi connectivity index (χ0) is 13.9. The summed E-state index contributed by atoms with van der Waals surface area (Å²) in [4.78, 5) is 14.5. The number of amides is 1. The van der Waals surface area contributed by atoms with Crippen molar-refractivity contribution in [1.82, 2.24) is 10.2 Å². The first kappa shape index (κ1) is 13.4. The first-order valence-corrected chi connectivity index (χ1v) is 7.42. The number of carbonyl (C=O) groups is 1. The van der Waals surface area contributed by atoms with E-state index < -0.39 is 0 Å². The summed E-state index contributed by atoms with van der Waals surface area (Å²) in [5.41, 5.74) is 1.10. The Kier molecular flexibility index (Phi) is 3.92. The number of nitrogens with zero attached hydrogens (tertiary/aromatic N) is 1. The zero-order valence-electron chi connectivity index (χ0n) is 12.0. The predicted molar refractivity (Wildman–Crippen MR) is 77.7 cm³/mol. The second-order valence-electron chi connectivity index (χ2n) is 5.70. The fraction of sp³-hybridized carbons (Fsp3) is 0.562. The van der Waals surface area contributed by atoms with Crippen molar-refractivity contribution in [2.24, 2.45) is 5.92 Å². The second-order valence-corrected chi connectivity index (χ2v) is 5.70. The van der Waals surface area contributed by atoms with Crippen LogP contribution in [0.25, 0.3) is 0 Å². The fourth-order valence-corrected chi connectivity index (χ4v) is 2.91. The van der Waals surface area contributed by atoms with Gasteiger partial charge in [0.2, 0.25) is 5.91 Å². The van der Waals surface area contributed by atoms with Crippen LogP contribution in [0.3, 0.4) is 0 Å². The molecule has 1 saturated carbocycles. The van der Waals surface area contributed by atoms with Gasteiger partial charge in [-0.25, -0.2) is 0 Å². The first-order chi connectivity index (χ1) is 9.79. The lowest BCUT2D eigenvalue weighted by Gasteiger charge is -2.37. The van der Waals surface area contributed by atoms with E-state index in [4.69, 9.17) is 4.74 Å². The third-order valence-electron chi connectivity index (χ3n) is 4.22. The molecular weight excluding hydrogens is 252 g/mol. The topological polar surface area (TPSA) is 41.6 Å². The first-order valence-electron chi connectivity index (χ1n) is 7.42. The van der Waals surface area contributed by atoms with Crippen molar-refractivity contribution in [2.45, 2.75) is 25.3 Å². The van der Waals surface area contributed by atoms with Gasteiger partial charge in [0.1, 0.15) is 5.75 Å². The van der Waals surface area contributed by atoms with Gasteiger partial charge >= 0.3 is 0 Å². The monoisotopic (exact) mass is 274 g/mol. The SMILES string of the molecule is COc1ccccc1C1CNCCN1C(=O)CC1CC1. The Bertz CT molecular complexity index is 485. The Labute approximate surface area is 120 Å². The van der Waals surface area contributed by atoms with Crippen molar-refractivity contribution >= 4 is 5.91 Å². The van der Waals surface area contributed by atoms with Crippen molar-refractivity contribution in [3.05, 3.63) is 29.8 Å². The van der Waals surface area contributed by atoms with Gasteiger partial charge in [0.05, 0.1) is 13.2 Å². The van der Waals surface area contributed by atoms with Gasteiger partial charge in [-0.1, -0.05) is 18.2 Å². The van der Waals surface area contributed by atoms with Gasteiger partial charge in [-0.15, -0.1) is 0 Å². The molecule has 0 bridgehead atoms. The lowest BCUT2D eigenvalue weighted by atomic mass is 10.0. The van der Waals surface area contributed by atoms with Crippen LogP contribution in [-0.2, 0) is 4.79 Å². The van der Waals surface area contributed by atoms with Crippen LogP contribution in [0.4, 0.5) is 0 Å². The Morgan fingerprint density at radius 3 is 2.95 bits per heavy atom. The van der Waals surface area contributed by atoms with Crippen LogP contribution in [0.5, 0.6) is 5.75 Å². The highest BCUT2D eigenvalue weighted by atomic mass is 16.5. The molecule has 0 spiro atoms. The number of piperazine rings is 1. The smallest absolute Gasteiger partial charge is 0.223 e. The number of hydrogen-bond acceptors (Lipinski definition) is 3. The molecule has 1 aliphatic carbocycles. The quantitative estimate of drug-likeness (QED) is 0.912. The molecule has 20 heavy (non-hydrogen) atoms. The number of hydrogen-bond donors (Lipinski definition) is 1. The van der Waals surface area contributed by atoms with E-state index in [0.29, 0.717) is 18.2 Å². The van der Waals surface area contributed by atoms with Gasteiger partial charge in [0, 0.05) is 31.6 Å². The summed E-state index contributed by atoms with van der Waals surface area (Å²) in [7, 11) is 1.69. The van der Waals surface area contributed by atoms with E-state index in [2.05, 4.69) is 11.4 Å². The van der Waals surface area contributed by atoms with Crippen LogP contribution in [0.15, 0.2) is 24.3 Å². The number of methoxy groups -OCH3 is 1. The molecule has 1 aliphatic heterocycles. The Hall–Kier alpha value is -1.55. The molecule has 108 valence electrons. The highest BCUT2D eigenvalue weighted by Gasteiger charge is 2.33. The third kappa shape index (κ3) is 2.80. The van der Waals surface area contributed by atoms with E-state index in [-0.39, 0.29) is 6.04 Å². The number of para-hydroxylation sites is 1. The molecule has 0 aromatic heterocycles. The molecule has 1 amide bonds. The molecule has 1 aromatic carbocycles. The van der Waals surface area contributed by atoms with Crippen molar-refractivity contribution < 1.29 is 9.53 Å². The van der Waals surface area contributed by atoms with Crippen LogP contribution >= 0.6 is 0 Å². The van der Waals surface area contributed by atoms with E-state index in [1.54, 1.807) is 7.11 Å². The van der Waals surface area contributed by atoms with Gasteiger partial charge < -0.3 is 15.0 Å². The molecule has 1 unspecified atom stereocenters. The van der Waals surface area contributed by atoms with Crippen LogP contribution < -0.4 is 10.1 Å². The summed E-state index contributed by atoms with van der Waals surface area (Å²) >= 11 is 0. The minimum Gasteiger partial charge on any atom is -0.496 e. The molecule has 3 rings (SSSR count). The van der Waals surface area contributed by atoms with Crippen LogP contribution in [0.1, 0.15) is 30.9 Å². The highest BCUT2D eigenvalue weighted by molar-refractivity contribution is 5.77. The zero-order valence-corrected chi connectivity index (χ0v) is 12.0. The van der Waals surface area contributed by atoms with Gasteiger partial charge in [0.25, 0.3) is 0 Å². The predicted octanol–water partition coefficient (Wildman–Crippen LogP) is 1.97. The van der Waals surface area contributed by atoms with E-state index in [1.807, 2.05) is 23.1 Å². The molecule has 1 saturated heterocycles. The molecule has 4 nitrogen and oxygen atoms in total. The van der Waals surface area contributed by atoms with Crippen LogP contribution in [0.2, 0.25) is 0 Å². The van der Waals surface area contributed by atoms with E-state index >= 15 is 0 Å². The average molecular weight is 274 g/mol. The van der Waals surface area contributed by atoms with E-state index in [9.17, 15) is 4.79 Å². The lowest BCUT2D eigenvalue weighted by Crippen LogP contribution is -2.48. The van der Waals surface area contributed by atoms with Crippen molar-refractivity contribution in [2.75, 3.05) is 26.7 Å². The summed E-state index contributed by atoms with van der Waals surface area (Å²) in [6.07, 6.45) is 3.15. The largest absolute Gasteiger partial charge is 0.496 e. The molecule has 1 aromatic rings. The van der Waals surface area contributed by atoms with Gasteiger partial charge in [0.15, 0.2) is 0 Å². The maximum Gasteiger partial charge on any atom is 0.223 e. The van der Waals surface area contributed by atoms with Gasteiger partial charge in [-0.2, -0.15) is 0 Å². The highest BCUT2D eigenvalue weighted by Crippen LogP contribution is 2.35. The number of carbonyl (C=O) groups excluding carboxylic acids is 1. The van der Waals surface area contributed by atoms with Crippen molar-refractivity contribution in [3.8, 4) is 5.75 Å². The normalized spacial score (nSPS) is 22.6. The number of nitrogens with one attached hydrogen (secondary N) is 1. The average Bonchev–Trinajstić information content (AvgIpc) is 3.31. The second kappa shape index (κ2) is 5.83. The number of ether oxygens (including phenoxy) is 1. The fourth-order valence-electron chi connectivity index (χ4n) is 2.91. The number of benzene rings is 1. The molecule has 1 heterocycles. The molecule has 4 heteroatoms. The van der Waals surface area contributed by atoms with E-state index in [1.165, 1.54) is 12.8 Å².